The molecule has 7 heteroatoms. The van der Waals surface area contributed by atoms with Crippen molar-refractivity contribution >= 4 is 32.6 Å². The Morgan fingerprint density at radius 1 is 0.971 bits per heavy atom. The van der Waals surface area contributed by atoms with E-state index in [0.717, 1.165) is 56.8 Å². The Labute approximate surface area is 202 Å². The summed E-state index contributed by atoms with van der Waals surface area (Å²) >= 11 is 1.68. The maximum absolute atomic E-state index is 13.8. The van der Waals surface area contributed by atoms with E-state index in [-0.39, 0.29) is 11.8 Å². The lowest BCUT2D eigenvalue weighted by molar-refractivity contribution is -0.132. The van der Waals surface area contributed by atoms with E-state index >= 15 is 0 Å². The molecule has 0 bridgehead atoms. The minimum absolute atomic E-state index is 0.130. The van der Waals surface area contributed by atoms with E-state index in [1.165, 1.54) is 0 Å². The zero-order valence-electron chi connectivity index (χ0n) is 18.9. The molecule has 34 heavy (non-hydrogen) atoms. The van der Waals surface area contributed by atoms with Crippen molar-refractivity contribution in [1.82, 2.24) is 9.88 Å². The van der Waals surface area contributed by atoms with Gasteiger partial charge in [0.15, 0.2) is 5.13 Å². The summed E-state index contributed by atoms with van der Waals surface area (Å²) in [4.78, 5) is 22.9. The van der Waals surface area contributed by atoms with Crippen LogP contribution in [0.15, 0.2) is 66.7 Å². The predicted molar refractivity (Wildman–Crippen MR) is 134 cm³/mol. The first kappa shape index (κ1) is 21.0. The van der Waals surface area contributed by atoms with Gasteiger partial charge in [-0.15, -0.1) is 0 Å². The molecular formula is C27H25N3O3S. The maximum atomic E-state index is 13.8. The van der Waals surface area contributed by atoms with Crippen molar-refractivity contribution in [2.24, 2.45) is 0 Å². The highest BCUT2D eigenvalue weighted by atomic mass is 32.1. The van der Waals surface area contributed by atoms with E-state index < -0.39 is 0 Å². The normalized spacial score (nSPS) is 15.6. The average Bonchev–Trinajstić information content (AvgIpc) is 3.33. The van der Waals surface area contributed by atoms with Crippen LogP contribution in [0, 0.1) is 0 Å². The van der Waals surface area contributed by atoms with Gasteiger partial charge >= 0.3 is 0 Å². The van der Waals surface area contributed by atoms with Gasteiger partial charge in [-0.3, -0.25) is 4.79 Å². The van der Waals surface area contributed by atoms with E-state index in [1.54, 1.807) is 11.3 Å². The smallest absolute Gasteiger partial charge is 0.234 e. The third kappa shape index (κ3) is 3.56. The highest BCUT2D eigenvalue weighted by Gasteiger charge is 2.36. The maximum Gasteiger partial charge on any atom is 0.234 e. The second kappa shape index (κ2) is 8.65. The molecule has 0 N–H and O–H groups in total. The third-order valence-electron chi connectivity index (χ3n) is 6.46. The number of nitrogens with zero attached hydrogens (tertiary/aromatic N) is 3. The van der Waals surface area contributed by atoms with Crippen LogP contribution in [-0.4, -0.2) is 48.6 Å². The van der Waals surface area contributed by atoms with Crippen LogP contribution in [0.4, 0.5) is 5.13 Å². The SMILES string of the molecule is CCOc1cccc2sc(N3CCN(C(=O)C4c5ccccc5Oc5ccccc54)CC3)nc12. The molecule has 4 aromatic rings. The Kier molecular flexibility index (Phi) is 5.34. The van der Waals surface area contributed by atoms with Gasteiger partial charge in [-0.2, -0.15) is 0 Å². The van der Waals surface area contributed by atoms with Gasteiger partial charge in [0.1, 0.15) is 22.8 Å². The fourth-order valence-corrected chi connectivity index (χ4v) is 5.83. The van der Waals surface area contributed by atoms with Crippen molar-refractivity contribution in [1.29, 1.82) is 0 Å². The highest BCUT2D eigenvalue weighted by Crippen LogP contribution is 2.45. The van der Waals surface area contributed by atoms with Crippen LogP contribution in [0.2, 0.25) is 0 Å². The molecule has 6 nitrogen and oxygen atoms in total. The lowest BCUT2D eigenvalue weighted by atomic mass is 9.86. The van der Waals surface area contributed by atoms with Gasteiger partial charge in [0, 0.05) is 37.3 Å². The average molecular weight is 472 g/mol. The van der Waals surface area contributed by atoms with Crippen LogP contribution in [0.3, 0.4) is 0 Å². The molecule has 1 amide bonds. The van der Waals surface area contributed by atoms with E-state index in [4.69, 9.17) is 14.5 Å². The van der Waals surface area contributed by atoms with Crippen LogP contribution < -0.4 is 14.4 Å². The van der Waals surface area contributed by atoms with Gasteiger partial charge in [0.05, 0.1) is 17.2 Å². The Balaban J connectivity index is 1.23. The summed E-state index contributed by atoms with van der Waals surface area (Å²) in [5.74, 6) is 2.14. The number of rotatable bonds is 4. The third-order valence-corrected chi connectivity index (χ3v) is 7.54. The Bertz CT molecular complexity index is 1310. The van der Waals surface area contributed by atoms with Crippen molar-refractivity contribution in [2.75, 3.05) is 37.7 Å². The first-order chi connectivity index (χ1) is 16.7. The van der Waals surface area contributed by atoms with E-state index in [1.807, 2.05) is 72.5 Å². The van der Waals surface area contributed by atoms with Crippen molar-refractivity contribution in [3.05, 3.63) is 77.9 Å². The number of hydrogen-bond donors (Lipinski definition) is 0. The van der Waals surface area contributed by atoms with Crippen LogP contribution >= 0.6 is 11.3 Å². The van der Waals surface area contributed by atoms with E-state index in [2.05, 4.69) is 11.0 Å². The minimum atomic E-state index is -0.344. The summed E-state index contributed by atoms with van der Waals surface area (Å²) in [7, 11) is 0. The topological polar surface area (TPSA) is 54.9 Å². The van der Waals surface area contributed by atoms with Crippen LogP contribution in [0.25, 0.3) is 10.2 Å². The number of carbonyl (C=O) groups is 1. The molecule has 0 aliphatic carbocycles. The molecule has 172 valence electrons. The Morgan fingerprint density at radius 2 is 1.65 bits per heavy atom. The predicted octanol–water partition coefficient (Wildman–Crippen LogP) is 5.28. The fraction of sp³-hybridized carbons (Fsp3) is 0.259. The molecule has 2 aliphatic rings. The summed E-state index contributed by atoms with van der Waals surface area (Å²) in [6.45, 7) is 5.43. The quantitative estimate of drug-likeness (QED) is 0.405. The van der Waals surface area contributed by atoms with Gasteiger partial charge in [0.25, 0.3) is 0 Å². The molecule has 0 radical (unpaired) electrons. The minimum Gasteiger partial charge on any atom is -0.492 e. The largest absolute Gasteiger partial charge is 0.492 e. The zero-order chi connectivity index (χ0) is 23.1. The van der Waals surface area contributed by atoms with Crippen LogP contribution in [0.5, 0.6) is 17.2 Å². The second-order valence-electron chi connectivity index (χ2n) is 8.46. The first-order valence-electron chi connectivity index (χ1n) is 11.6. The number of para-hydroxylation sites is 3. The number of ether oxygens (including phenoxy) is 2. The first-order valence-corrected chi connectivity index (χ1v) is 12.5. The number of fused-ring (bicyclic) bond motifs is 3. The second-order valence-corrected chi connectivity index (χ2v) is 9.46. The number of anilines is 1. The lowest BCUT2D eigenvalue weighted by Gasteiger charge is -2.37. The van der Waals surface area contributed by atoms with Crippen molar-refractivity contribution < 1.29 is 14.3 Å². The number of benzene rings is 3. The number of amides is 1. The summed E-state index contributed by atoms with van der Waals surface area (Å²) in [6, 6.07) is 21.8. The molecule has 3 aromatic carbocycles. The molecule has 3 heterocycles. The molecule has 0 spiro atoms. The van der Waals surface area contributed by atoms with Gasteiger partial charge < -0.3 is 19.3 Å². The molecule has 6 rings (SSSR count). The number of thiazole rings is 1. The van der Waals surface area contributed by atoms with E-state index in [9.17, 15) is 4.79 Å². The van der Waals surface area contributed by atoms with E-state index in [0.29, 0.717) is 19.7 Å². The standard InChI is InChI=1S/C27H25N3O3S/c1-2-32-22-12-7-13-23-25(22)28-27(34-23)30-16-14-29(15-17-30)26(31)24-18-8-3-5-10-20(18)33-21-11-6-4-9-19(21)24/h3-13,24H,2,14-17H2,1H3. The fourth-order valence-electron chi connectivity index (χ4n) is 4.80. The van der Waals surface area contributed by atoms with Gasteiger partial charge in [0.2, 0.25) is 5.91 Å². The molecular weight excluding hydrogens is 446 g/mol. The number of piperazine rings is 1. The molecule has 0 unspecified atom stereocenters. The molecule has 0 saturated carbocycles. The summed E-state index contributed by atoms with van der Waals surface area (Å²) in [6.07, 6.45) is 0. The summed E-state index contributed by atoms with van der Waals surface area (Å²) in [5, 5.41) is 0.982. The monoisotopic (exact) mass is 471 g/mol. The molecule has 1 aromatic heterocycles. The van der Waals surface area contributed by atoms with Crippen LogP contribution in [-0.2, 0) is 4.79 Å². The Morgan fingerprint density at radius 3 is 2.32 bits per heavy atom. The van der Waals surface area contributed by atoms with Gasteiger partial charge in [-0.25, -0.2) is 4.98 Å². The highest BCUT2D eigenvalue weighted by molar-refractivity contribution is 7.22. The Hall–Kier alpha value is -3.58. The molecule has 1 fully saturated rings. The lowest BCUT2D eigenvalue weighted by Crippen LogP contribution is -2.50. The van der Waals surface area contributed by atoms with Gasteiger partial charge in [-0.1, -0.05) is 53.8 Å². The van der Waals surface area contributed by atoms with Crippen molar-refractivity contribution in [3.63, 3.8) is 0 Å². The van der Waals surface area contributed by atoms with Gasteiger partial charge in [-0.05, 0) is 31.2 Å². The molecule has 2 aliphatic heterocycles. The van der Waals surface area contributed by atoms with Crippen LogP contribution in [0.1, 0.15) is 24.0 Å². The zero-order valence-corrected chi connectivity index (χ0v) is 19.8. The number of aromatic nitrogens is 1. The summed E-state index contributed by atoms with van der Waals surface area (Å²) in [5.41, 5.74) is 2.78. The van der Waals surface area contributed by atoms with Crippen molar-refractivity contribution in [2.45, 2.75) is 12.8 Å². The van der Waals surface area contributed by atoms with Crippen molar-refractivity contribution in [3.8, 4) is 17.2 Å². The summed E-state index contributed by atoms with van der Waals surface area (Å²) < 4.78 is 13.0. The molecule has 1 saturated heterocycles. The number of carbonyl (C=O) groups excluding carboxylic acids is 1. The molecule has 0 atom stereocenters. The number of hydrogen-bond acceptors (Lipinski definition) is 6.